The van der Waals surface area contributed by atoms with E-state index < -0.39 is 0 Å². The highest BCUT2D eigenvalue weighted by Crippen LogP contribution is 2.25. The second-order valence-electron chi connectivity index (χ2n) is 6.06. The summed E-state index contributed by atoms with van der Waals surface area (Å²) in [5.41, 5.74) is 1.61. The molecule has 7 heteroatoms. The first-order valence-corrected chi connectivity index (χ1v) is 10.3. The second-order valence-corrected chi connectivity index (χ2v) is 8.39. The van der Waals surface area contributed by atoms with Crippen LogP contribution in [0.5, 0.6) is 0 Å². The molecule has 1 aromatic heterocycles. The fourth-order valence-corrected chi connectivity index (χ4v) is 3.57. The fraction of sp³-hybridized carbons (Fsp3) is 0.143. The molecule has 3 aromatic rings. The van der Waals surface area contributed by atoms with E-state index in [0.717, 1.165) is 14.9 Å². The highest BCUT2D eigenvalue weighted by atomic mass is 79.9. The molecule has 2 amide bonds. The average Bonchev–Trinajstić information content (AvgIpc) is 3.24. The summed E-state index contributed by atoms with van der Waals surface area (Å²) in [6.45, 7) is 2.31. The van der Waals surface area contributed by atoms with Gasteiger partial charge in [0.15, 0.2) is 5.76 Å². The van der Waals surface area contributed by atoms with Crippen LogP contribution in [0.15, 0.2) is 80.7 Å². The van der Waals surface area contributed by atoms with Gasteiger partial charge in [0.2, 0.25) is 5.91 Å². The van der Waals surface area contributed by atoms with Crippen LogP contribution in [-0.2, 0) is 11.3 Å². The van der Waals surface area contributed by atoms with E-state index in [1.165, 1.54) is 18.0 Å². The monoisotopic (exact) mass is 458 g/mol. The Morgan fingerprint density at radius 2 is 1.79 bits per heavy atom. The Kier molecular flexibility index (Phi) is 6.95. The molecule has 0 saturated heterocycles. The highest BCUT2D eigenvalue weighted by Gasteiger charge is 2.14. The molecule has 0 saturated carbocycles. The Labute approximate surface area is 176 Å². The van der Waals surface area contributed by atoms with Crippen LogP contribution in [0.3, 0.4) is 0 Å². The maximum atomic E-state index is 12.3. The number of carbonyl (C=O) groups is 2. The van der Waals surface area contributed by atoms with Gasteiger partial charge >= 0.3 is 0 Å². The van der Waals surface area contributed by atoms with Gasteiger partial charge in [-0.2, -0.15) is 0 Å². The molecule has 1 heterocycles. The first-order chi connectivity index (χ1) is 13.5. The molecular weight excluding hydrogens is 440 g/mol. The summed E-state index contributed by atoms with van der Waals surface area (Å²) < 4.78 is 6.07. The van der Waals surface area contributed by atoms with E-state index in [0.29, 0.717) is 12.2 Å². The molecule has 144 valence electrons. The number of hydrogen-bond acceptors (Lipinski definition) is 4. The maximum absolute atomic E-state index is 12.3. The zero-order chi connectivity index (χ0) is 19.9. The van der Waals surface area contributed by atoms with Crippen molar-refractivity contribution in [2.75, 3.05) is 5.32 Å². The minimum Gasteiger partial charge on any atom is -0.459 e. The average molecular weight is 459 g/mol. The number of amides is 2. The Bertz CT molecular complexity index is 925. The number of anilines is 1. The van der Waals surface area contributed by atoms with E-state index in [9.17, 15) is 9.59 Å². The van der Waals surface area contributed by atoms with Crippen molar-refractivity contribution in [3.8, 4) is 0 Å². The molecule has 0 radical (unpaired) electrons. The second kappa shape index (κ2) is 9.61. The number of thioether (sulfide) groups is 1. The van der Waals surface area contributed by atoms with Crippen LogP contribution in [-0.4, -0.2) is 17.1 Å². The molecule has 1 atom stereocenters. The Morgan fingerprint density at radius 1 is 1.07 bits per heavy atom. The number of carbonyl (C=O) groups excluding carboxylic acids is 2. The summed E-state index contributed by atoms with van der Waals surface area (Å²) in [6, 6.07) is 18.5. The van der Waals surface area contributed by atoms with Crippen LogP contribution in [0.2, 0.25) is 0 Å². The third-order valence-corrected chi connectivity index (χ3v) is 5.56. The van der Waals surface area contributed by atoms with Crippen LogP contribution in [0.1, 0.15) is 23.0 Å². The van der Waals surface area contributed by atoms with Crippen LogP contribution in [0.4, 0.5) is 5.69 Å². The van der Waals surface area contributed by atoms with Crippen molar-refractivity contribution in [1.29, 1.82) is 0 Å². The first kappa shape index (κ1) is 20.2. The summed E-state index contributed by atoms with van der Waals surface area (Å²) in [6.07, 6.45) is 1.46. The van der Waals surface area contributed by atoms with Crippen LogP contribution in [0, 0.1) is 0 Å². The number of benzene rings is 2. The summed E-state index contributed by atoms with van der Waals surface area (Å²) >= 11 is 4.92. The first-order valence-electron chi connectivity index (χ1n) is 8.65. The largest absolute Gasteiger partial charge is 0.459 e. The van der Waals surface area contributed by atoms with Crippen molar-refractivity contribution in [2.45, 2.75) is 23.6 Å². The predicted molar refractivity (Wildman–Crippen MR) is 114 cm³/mol. The molecule has 3 rings (SSSR count). The van der Waals surface area contributed by atoms with Gasteiger partial charge in [0.1, 0.15) is 0 Å². The number of furan rings is 1. The lowest BCUT2D eigenvalue weighted by molar-refractivity contribution is -0.120. The van der Waals surface area contributed by atoms with Crippen molar-refractivity contribution in [2.24, 2.45) is 0 Å². The highest BCUT2D eigenvalue weighted by molar-refractivity contribution is 9.10. The van der Waals surface area contributed by atoms with Crippen molar-refractivity contribution in [3.05, 3.63) is 82.7 Å². The lowest BCUT2D eigenvalue weighted by Crippen LogP contribution is -2.30. The minimum atomic E-state index is -0.301. The molecule has 0 fully saturated rings. The van der Waals surface area contributed by atoms with E-state index >= 15 is 0 Å². The molecule has 0 aliphatic carbocycles. The summed E-state index contributed by atoms with van der Waals surface area (Å²) in [5, 5.41) is 5.50. The van der Waals surface area contributed by atoms with Gasteiger partial charge in [-0.3, -0.25) is 9.59 Å². The molecule has 0 bridgehead atoms. The van der Waals surface area contributed by atoms with Crippen molar-refractivity contribution >= 4 is 45.2 Å². The molecule has 0 aliphatic rings. The van der Waals surface area contributed by atoms with E-state index in [1.54, 1.807) is 24.3 Å². The Hall–Kier alpha value is -2.51. The van der Waals surface area contributed by atoms with E-state index in [2.05, 4.69) is 26.6 Å². The number of rotatable bonds is 7. The molecule has 2 N–H and O–H groups in total. The quantitative estimate of drug-likeness (QED) is 0.483. The van der Waals surface area contributed by atoms with Gasteiger partial charge in [-0.25, -0.2) is 0 Å². The molecule has 1 unspecified atom stereocenters. The minimum absolute atomic E-state index is 0.0249. The van der Waals surface area contributed by atoms with Crippen molar-refractivity contribution in [1.82, 2.24) is 5.32 Å². The van der Waals surface area contributed by atoms with E-state index in [1.807, 2.05) is 43.3 Å². The molecule has 5 nitrogen and oxygen atoms in total. The number of halogens is 1. The SMILES string of the molecule is CC(Sc1ccc(Br)cc1)C(=O)NCc1ccc(NC(=O)c2ccco2)cc1. The zero-order valence-electron chi connectivity index (χ0n) is 15.1. The smallest absolute Gasteiger partial charge is 0.291 e. The Balaban J connectivity index is 1.48. The zero-order valence-corrected chi connectivity index (χ0v) is 17.5. The lowest BCUT2D eigenvalue weighted by atomic mass is 10.2. The molecule has 2 aromatic carbocycles. The summed E-state index contributed by atoms with van der Waals surface area (Å²) in [4.78, 5) is 25.3. The van der Waals surface area contributed by atoms with E-state index in [-0.39, 0.29) is 22.8 Å². The van der Waals surface area contributed by atoms with Crippen molar-refractivity contribution < 1.29 is 14.0 Å². The Morgan fingerprint density at radius 3 is 2.43 bits per heavy atom. The number of hydrogen-bond donors (Lipinski definition) is 2. The number of nitrogens with one attached hydrogen (secondary N) is 2. The summed E-state index contributed by atoms with van der Waals surface area (Å²) in [7, 11) is 0. The molecule has 28 heavy (non-hydrogen) atoms. The van der Waals surface area contributed by atoms with Gasteiger partial charge in [-0.05, 0) is 61.0 Å². The predicted octanol–water partition coefficient (Wildman–Crippen LogP) is 5.09. The van der Waals surface area contributed by atoms with Gasteiger partial charge in [-0.1, -0.05) is 28.1 Å². The van der Waals surface area contributed by atoms with Crippen molar-refractivity contribution in [3.63, 3.8) is 0 Å². The van der Waals surface area contributed by atoms with Crippen LogP contribution < -0.4 is 10.6 Å². The third kappa shape index (κ3) is 5.74. The molecule has 0 aliphatic heterocycles. The van der Waals surface area contributed by atoms with Gasteiger partial charge < -0.3 is 15.1 Å². The lowest BCUT2D eigenvalue weighted by Gasteiger charge is -2.12. The van der Waals surface area contributed by atoms with E-state index in [4.69, 9.17) is 4.42 Å². The maximum Gasteiger partial charge on any atom is 0.291 e. The topological polar surface area (TPSA) is 71.3 Å². The van der Waals surface area contributed by atoms with Crippen LogP contribution >= 0.6 is 27.7 Å². The van der Waals surface area contributed by atoms with Crippen LogP contribution in [0.25, 0.3) is 0 Å². The standard InChI is InChI=1S/C21H19BrN2O3S/c1-14(28-18-10-6-16(22)7-11-18)20(25)23-13-15-4-8-17(9-5-15)24-21(26)19-3-2-12-27-19/h2-12,14H,13H2,1H3,(H,23,25)(H,24,26). The molecule has 0 spiro atoms. The van der Waals surface area contributed by atoms with Gasteiger partial charge in [0.05, 0.1) is 11.5 Å². The fourth-order valence-electron chi connectivity index (χ4n) is 2.41. The normalized spacial score (nSPS) is 11.6. The van der Waals surface area contributed by atoms with Gasteiger partial charge in [-0.15, -0.1) is 11.8 Å². The third-order valence-electron chi connectivity index (χ3n) is 3.92. The van der Waals surface area contributed by atoms with Gasteiger partial charge in [0.25, 0.3) is 5.91 Å². The van der Waals surface area contributed by atoms with Gasteiger partial charge in [0, 0.05) is 21.6 Å². The molecular formula is C21H19BrN2O3S. The summed E-state index contributed by atoms with van der Waals surface area (Å²) in [5.74, 6) is -0.0680.